The number of hydrogen-bond acceptors (Lipinski definition) is 5. The van der Waals surface area contributed by atoms with E-state index in [9.17, 15) is 19.7 Å². The average molecular weight is 417 g/mol. The van der Waals surface area contributed by atoms with E-state index < -0.39 is 10.8 Å². The second-order valence-electron chi connectivity index (χ2n) is 6.78. The summed E-state index contributed by atoms with van der Waals surface area (Å²) >= 11 is 6.02. The molecule has 1 fully saturated rings. The quantitative estimate of drug-likeness (QED) is 0.576. The van der Waals surface area contributed by atoms with Crippen molar-refractivity contribution in [2.24, 2.45) is 0 Å². The first-order chi connectivity index (χ1) is 13.9. The average Bonchev–Trinajstić information content (AvgIpc) is 2.72. The number of nitrogens with zero attached hydrogens (tertiary/aromatic N) is 3. The van der Waals surface area contributed by atoms with Crippen molar-refractivity contribution in [3.05, 3.63) is 74.8 Å². The number of nitro benzene ring substituents is 1. The van der Waals surface area contributed by atoms with E-state index in [0.29, 0.717) is 18.1 Å². The third-order valence-corrected chi connectivity index (χ3v) is 4.97. The zero-order valence-electron chi connectivity index (χ0n) is 15.7. The lowest BCUT2D eigenvalue weighted by atomic mass is 10.2. The molecular weight excluding hydrogens is 396 g/mol. The Balaban J connectivity index is 1.45. The van der Waals surface area contributed by atoms with Crippen LogP contribution in [0.15, 0.2) is 48.5 Å². The molecule has 0 aromatic heterocycles. The van der Waals surface area contributed by atoms with Gasteiger partial charge in [-0.15, -0.1) is 0 Å². The van der Waals surface area contributed by atoms with E-state index in [4.69, 9.17) is 11.6 Å². The summed E-state index contributed by atoms with van der Waals surface area (Å²) in [5.41, 5.74) is 1.11. The normalized spacial score (nSPS) is 14.4. The van der Waals surface area contributed by atoms with Crippen molar-refractivity contribution in [3.8, 4) is 0 Å². The van der Waals surface area contributed by atoms with E-state index in [1.54, 1.807) is 4.90 Å². The van der Waals surface area contributed by atoms with Crippen molar-refractivity contribution in [2.45, 2.75) is 6.54 Å². The Hall–Kier alpha value is -2.97. The Labute approximate surface area is 173 Å². The van der Waals surface area contributed by atoms with Crippen molar-refractivity contribution in [1.82, 2.24) is 15.1 Å². The molecule has 0 atom stereocenters. The molecule has 0 radical (unpaired) electrons. The summed E-state index contributed by atoms with van der Waals surface area (Å²) in [4.78, 5) is 38.8. The molecule has 8 nitrogen and oxygen atoms in total. The molecule has 3 rings (SSSR count). The van der Waals surface area contributed by atoms with Gasteiger partial charge in [0.05, 0.1) is 11.5 Å². The number of halogens is 1. The SMILES string of the molecule is O=C(NCC(=O)N1CCN(Cc2cccc(Cl)c2)CC1)c1cccc([N+](=O)[O-])c1. The second kappa shape index (κ2) is 9.49. The maximum absolute atomic E-state index is 12.4. The molecule has 0 aliphatic carbocycles. The molecule has 2 amide bonds. The third kappa shape index (κ3) is 5.75. The third-order valence-electron chi connectivity index (χ3n) is 4.74. The molecular formula is C20H21ClN4O4. The summed E-state index contributed by atoms with van der Waals surface area (Å²) in [6.07, 6.45) is 0. The summed E-state index contributed by atoms with van der Waals surface area (Å²) < 4.78 is 0. The van der Waals surface area contributed by atoms with Crippen molar-refractivity contribution >= 4 is 29.1 Å². The lowest BCUT2D eigenvalue weighted by Gasteiger charge is -2.34. The number of nitro groups is 1. The van der Waals surface area contributed by atoms with E-state index >= 15 is 0 Å². The molecule has 2 aromatic carbocycles. The highest BCUT2D eigenvalue weighted by Crippen LogP contribution is 2.15. The van der Waals surface area contributed by atoms with Crippen LogP contribution in [0.1, 0.15) is 15.9 Å². The Kier molecular flexibility index (Phi) is 6.79. The predicted molar refractivity (Wildman–Crippen MR) is 109 cm³/mol. The molecule has 1 aliphatic heterocycles. The number of non-ortho nitro benzene ring substituents is 1. The molecule has 1 aliphatic rings. The molecule has 0 spiro atoms. The minimum absolute atomic E-state index is 0.143. The van der Waals surface area contributed by atoms with E-state index in [0.717, 1.165) is 25.2 Å². The van der Waals surface area contributed by atoms with Crippen LogP contribution in [0, 0.1) is 10.1 Å². The molecule has 1 heterocycles. The summed E-state index contributed by atoms with van der Waals surface area (Å²) in [5, 5.41) is 14.1. The maximum Gasteiger partial charge on any atom is 0.270 e. The number of nitrogens with one attached hydrogen (secondary N) is 1. The topological polar surface area (TPSA) is 95.8 Å². The molecule has 29 heavy (non-hydrogen) atoms. The van der Waals surface area contributed by atoms with Crippen LogP contribution in [-0.2, 0) is 11.3 Å². The fraction of sp³-hybridized carbons (Fsp3) is 0.300. The van der Waals surface area contributed by atoms with Gasteiger partial charge in [-0.1, -0.05) is 29.8 Å². The van der Waals surface area contributed by atoms with Crippen LogP contribution in [0.5, 0.6) is 0 Å². The molecule has 0 bridgehead atoms. The highest BCUT2D eigenvalue weighted by Gasteiger charge is 2.22. The van der Waals surface area contributed by atoms with Crippen LogP contribution in [-0.4, -0.2) is 59.3 Å². The first-order valence-electron chi connectivity index (χ1n) is 9.19. The van der Waals surface area contributed by atoms with Gasteiger partial charge in [0.25, 0.3) is 11.6 Å². The number of carbonyl (C=O) groups is 2. The number of hydrogen-bond donors (Lipinski definition) is 1. The van der Waals surface area contributed by atoms with Crippen LogP contribution in [0.2, 0.25) is 5.02 Å². The molecule has 0 saturated carbocycles. The van der Waals surface area contributed by atoms with Crippen LogP contribution in [0.4, 0.5) is 5.69 Å². The maximum atomic E-state index is 12.4. The molecule has 2 aromatic rings. The molecule has 9 heteroatoms. The first-order valence-corrected chi connectivity index (χ1v) is 9.57. The fourth-order valence-electron chi connectivity index (χ4n) is 3.18. The summed E-state index contributed by atoms with van der Waals surface area (Å²) in [6.45, 7) is 3.24. The zero-order chi connectivity index (χ0) is 20.8. The Bertz CT molecular complexity index is 913. The van der Waals surface area contributed by atoms with Gasteiger partial charge in [-0.25, -0.2) is 0 Å². The number of benzene rings is 2. The van der Waals surface area contributed by atoms with Gasteiger partial charge < -0.3 is 10.2 Å². The minimum atomic E-state index is -0.565. The number of piperazine rings is 1. The second-order valence-corrected chi connectivity index (χ2v) is 7.21. The van der Waals surface area contributed by atoms with E-state index in [2.05, 4.69) is 10.2 Å². The van der Waals surface area contributed by atoms with Gasteiger partial charge in [0.2, 0.25) is 5.91 Å². The van der Waals surface area contributed by atoms with Crippen molar-refractivity contribution in [3.63, 3.8) is 0 Å². The smallest absolute Gasteiger partial charge is 0.270 e. The monoisotopic (exact) mass is 416 g/mol. The Morgan fingerprint density at radius 3 is 2.48 bits per heavy atom. The van der Waals surface area contributed by atoms with E-state index in [-0.39, 0.29) is 23.7 Å². The lowest BCUT2D eigenvalue weighted by Crippen LogP contribution is -2.50. The van der Waals surface area contributed by atoms with Gasteiger partial charge in [-0.2, -0.15) is 0 Å². The summed E-state index contributed by atoms with van der Waals surface area (Å²) in [6, 6.07) is 13.1. The highest BCUT2D eigenvalue weighted by molar-refractivity contribution is 6.30. The van der Waals surface area contributed by atoms with E-state index in [1.807, 2.05) is 24.3 Å². The molecule has 152 valence electrons. The number of rotatable bonds is 6. The summed E-state index contributed by atoms with van der Waals surface area (Å²) in [7, 11) is 0. The van der Waals surface area contributed by atoms with Crippen LogP contribution in [0.3, 0.4) is 0 Å². The van der Waals surface area contributed by atoms with Crippen LogP contribution < -0.4 is 5.32 Å². The Morgan fingerprint density at radius 2 is 1.79 bits per heavy atom. The molecule has 0 unspecified atom stereocenters. The Morgan fingerprint density at radius 1 is 1.07 bits per heavy atom. The first kappa shape index (κ1) is 20.8. The van der Waals surface area contributed by atoms with Crippen LogP contribution >= 0.6 is 11.6 Å². The van der Waals surface area contributed by atoms with Crippen molar-refractivity contribution < 1.29 is 14.5 Å². The molecule has 1 saturated heterocycles. The lowest BCUT2D eigenvalue weighted by molar-refractivity contribution is -0.384. The van der Waals surface area contributed by atoms with Gasteiger partial charge in [0.1, 0.15) is 0 Å². The minimum Gasteiger partial charge on any atom is -0.343 e. The largest absolute Gasteiger partial charge is 0.343 e. The van der Waals surface area contributed by atoms with Gasteiger partial charge in [0.15, 0.2) is 0 Å². The standard InChI is InChI=1S/C20H21ClN4O4/c21-17-5-1-3-15(11-17)14-23-7-9-24(10-8-23)19(26)13-22-20(27)16-4-2-6-18(12-16)25(28)29/h1-6,11-12H,7-10,13-14H2,(H,22,27). The fourth-order valence-corrected chi connectivity index (χ4v) is 3.39. The number of amides is 2. The molecule has 1 N–H and O–H groups in total. The van der Waals surface area contributed by atoms with Gasteiger partial charge in [-0.3, -0.25) is 24.6 Å². The van der Waals surface area contributed by atoms with Crippen molar-refractivity contribution in [1.29, 1.82) is 0 Å². The van der Waals surface area contributed by atoms with Gasteiger partial charge >= 0.3 is 0 Å². The van der Waals surface area contributed by atoms with Gasteiger partial charge in [0, 0.05) is 55.4 Å². The highest BCUT2D eigenvalue weighted by atomic mass is 35.5. The van der Waals surface area contributed by atoms with Crippen molar-refractivity contribution in [2.75, 3.05) is 32.7 Å². The van der Waals surface area contributed by atoms with E-state index in [1.165, 1.54) is 24.3 Å². The zero-order valence-corrected chi connectivity index (χ0v) is 16.5. The summed E-state index contributed by atoms with van der Waals surface area (Å²) in [5.74, 6) is -0.687. The predicted octanol–water partition coefficient (Wildman–Crippen LogP) is 2.32. The van der Waals surface area contributed by atoms with Gasteiger partial charge in [-0.05, 0) is 23.8 Å². The number of carbonyl (C=O) groups excluding carboxylic acids is 2. The van der Waals surface area contributed by atoms with Crippen LogP contribution in [0.25, 0.3) is 0 Å².